The minimum Gasteiger partial charge on any atom is -0.481 e. The summed E-state index contributed by atoms with van der Waals surface area (Å²) >= 11 is 0. The van der Waals surface area contributed by atoms with Crippen LogP contribution in [0.1, 0.15) is 11.1 Å². The molecule has 1 N–H and O–H groups in total. The number of hydrogen-bond acceptors (Lipinski definition) is 7. The van der Waals surface area contributed by atoms with Gasteiger partial charge in [0.05, 0.1) is 20.3 Å². The standard InChI is InChI=1S/C22H22N2O6/c1-27-17-14-18(24-21(23-17)28-2)30-19(20(25)26)22(29-3,15-10-6-4-7-11-15)16-12-8-5-9-13-16/h4-14,19H,1-3H3,(H,25,26). The van der Waals surface area contributed by atoms with Gasteiger partial charge in [-0.1, -0.05) is 60.7 Å². The quantitative estimate of drug-likeness (QED) is 0.575. The summed E-state index contributed by atoms with van der Waals surface area (Å²) in [5, 5.41) is 10.2. The third-order valence-corrected chi connectivity index (χ3v) is 4.61. The second-order valence-electron chi connectivity index (χ2n) is 6.24. The molecule has 0 radical (unpaired) electrons. The van der Waals surface area contributed by atoms with E-state index in [0.717, 1.165) is 0 Å². The smallest absolute Gasteiger partial charge is 0.348 e. The number of aliphatic carboxylic acids is 1. The van der Waals surface area contributed by atoms with E-state index in [-0.39, 0.29) is 17.8 Å². The Morgan fingerprint density at radius 2 is 1.40 bits per heavy atom. The first-order valence-electron chi connectivity index (χ1n) is 9.08. The number of nitrogens with zero attached hydrogens (tertiary/aromatic N) is 2. The van der Waals surface area contributed by atoms with Crippen molar-refractivity contribution in [3.05, 3.63) is 77.9 Å². The molecule has 8 heteroatoms. The zero-order valence-corrected chi connectivity index (χ0v) is 16.8. The van der Waals surface area contributed by atoms with E-state index in [0.29, 0.717) is 11.1 Å². The van der Waals surface area contributed by atoms with Gasteiger partial charge in [0, 0.05) is 7.11 Å². The Kier molecular flexibility index (Phi) is 6.48. The average molecular weight is 410 g/mol. The van der Waals surface area contributed by atoms with Gasteiger partial charge in [-0.05, 0) is 11.1 Å². The summed E-state index contributed by atoms with van der Waals surface area (Å²) in [6.07, 6.45) is -1.49. The van der Waals surface area contributed by atoms with Crippen LogP contribution in [-0.4, -0.2) is 48.5 Å². The molecule has 1 aromatic heterocycles. The monoisotopic (exact) mass is 410 g/mol. The Morgan fingerprint density at radius 1 is 0.867 bits per heavy atom. The molecule has 2 aromatic carbocycles. The number of methoxy groups -OCH3 is 3. The molecule has 3 rings (SSSR count). The van der Waals surface area contributed by atoms with E-state index < -0.39 is 17.7 Å². The second-order valence-corrected chi connectivity index (χ2v) is 6.24. The molecule has 0 saturated heterocycles. The Morgan fingerprint density at radius 3 is 1.83 bits per heavy atom. The summed E-state index contributed by atoms with van der Waals surface area (Å²) in [4.78, 5) is 20.6. The van der Waals surface area contributed by atoms with Crippen LogP contribution in [0.4, 0.5) is 0 Å². The van der Waals surface area contributed by atoms with Gasteiger partial charge in [0.15, 0.2) is 5.60 Å². The highest BCUT2D eigenvalue weighted by Crippen LogP contribution is 2.39. The summed E-state index contributed by atoms with van der Waals surface area (Å²) in [7, 11) is 4.26. The van der Waals surface area contributed by atoms with Gasteiger partial charge in [0.2, 0.25) is 17.9 Å². The molecule has 1 heterocycles. The van der Waals surface area contributed by atoms with Crippen molar-refractivity contribution < 1.29 is 28.8 Å². The van der Waals surface area contributed by atoms with Crippen LogP contribution < -0.4 is 14.2 Å². The van der Waals surface area contributed by atoms with Crippen LogP contribution in [0.5, 0.6) is 17.8 Å². The van der Waals surface area contributed by atoms with E-state index in [2.05, 4.69) is 9.97 Å². The predicted molar refractivity (Wildman–Crippen MR) is 108 cm³/mol. The molecule has 1 atom stereocenters. The molecule has 3 aromatic rings. The number of ether oxygens (including phenoxy) is 4. The van der Waals surface area contributed by atoms with Crippen LogP contribution in [0.25, 0.3) is 0 Å². The lowest BCUT2D eigenvalue weighted by Crippen LogP contribution is -2.50. The molecule has 0 saturated carbocycles. The Balaban J connectivity index is 2.18. The average Bonchev–Trinajstić information content (AvgIpc) is 2.80. The van der Waals surface area contributed by atoms with E-state index in [1.165, 1.54) is 27.4 Å². The van der Waals surface area contributed by atoms with Crippen molar-refractivity contribution in [2.24, 2.45) is 0 Å². The number of benzene rings is 2. The number of hydrogen-bond donors (Lipinski definition) is 1. The summed E-state index contributed by atoms with van der Waals surface area (Å²) in [5.41, 5.74) is -0.238. The third kappa shape index (κ3) is 4.04. The molecule has 8 nitrogen and oxygen atoms in total. The Bertz CT molecular complexity index is 920. The van der Waals surface area contributed by atoms with Crippen LogP contribution in [0.3, 0.4) is 0 Å². The number of carbonyl (C=O) groups is 1. The minimum atomic E-state index is -1.49. The van der Waals surface area contributed by atoms with Crippen molar-refractivity contribution in [1.82, 2.24) is 9.97 Å². The van der Waals surface area contributed by atoms with Gasteiger partial charge in [0.1, 0.15) is 0 Å². The molecule has 0 spiro atoms. The highest BCUT2D eigenvalue weighted by molar-refractivity contribution is 5.76. The topological polar surface area (TPSA) is 100 Å². The van der Waals surface area contributed by atoms with Crippen LogP contribution in [0, 0.1) is 0 Å². The Labute approximate surface area is 174 Å². The molecule has 0 amide bonds. The van der Waals surface area contributed by atoms with Crippen molar-refractivity contribution in [3.63, 3.8) is 0 Å². The first kappa shape index (κ1) is 21.1. The fraction of sp³-hybridized carbons (Fsp3) is 0.227. The van der Waals surface area contributed by atoms with Gasteiger partial charge in [-0.15, -0.1) is 0 Å². The molecule has 1 unspecified atom stereocenters. The molecule has 0 aliphatic carbocycles. The van der Waals surface area contributed by atoms with E-state index in [4.69, 9.17) is 18.9 Å². The maximum atomic E-state index is 12.5. The number of carboxylic acids is 1. The first-order valence-corrected chi connectivity index (χ1v) is 9.08. The van der Waals surface area contributed by atoms with E-state index >= 15 is 0 Å². The minimum absolute atomic E-state index is 0.0177. The maximum absolute atomic E-state index is 12.5. The lowest BCUT2D eigenvalue weighted by Gasteiger charge is -2.37. The van der Waals surface area contributed by atoms with Crippen molar-refractivity contribution in [3.8, 4) is 17.8 Å². The van der Waals surface area contributed by atoms with E-state index in [9.17, 15) is 9.90 Å². The molecular formula is C22H22N2O6. The first-order chi connectivity index (χ1) is 14.5. The number of aromatic nitrogens is 2. The van der Waals surface area contributed by atoms with Gasteiger partial charge in [0.25, 0.3) is 0 Å². The van der Waals surface area contributed by atoms with E-state index in [1.807, 2.05) is 36.4 Å². The summed E-state index contributed by atoms with van der Waals surface area (Å²) in [6, 6.07) is 19.4. The van der Waals surface area contributed by atoms with Gasteiger partial charge < -0.3 is 24.1 Å². The maximum Gasteiger partial charge on any atom is 0.348 e. The SMILES string of the molecule is COc1cc(OC(C(=O)O)C(OC)(c2ccccc2)c2ccccc2)nc(OC)n1. The highest BCUT2D eigenvalue weighted by atomic mass is 16.6. The fourth-order valence-electron chi connectivity index (χ4n) is 3.25. The lowest BCUT2D eigenvalue weighted by atomic mass is 9.81. The lowest BCUT2D eigenvalue weighted by molar-refractivity contribution is -0.160. The van der Waals surface area contributed by atoms with Crippen molar-refractivity contribution in [1.29, 1.82) is 0 Å². The van der Waals surface area contributed by atoms with Crippen LogP contribution in [-0.2, 0) is 15.1 Å². The molecule has 0 bridgehead atoms. The van der Waals surface area contributed by atoms with Gasteiger partial charge in [-0.3, -0.25) is 0 Å². The zero-order chi connectivity index (χ0) is 21.6. The van der Waals surface area contributed by atoms with Gasteiger partial charge >= 0.3 is 12.0 Å². The second kappa shape index (κ2) is 9.23. The largest absolute Gasteiger partial charge is 0.481 e. The van der Waals surface area contributed by atoms with Gasteiger partial charge in [-0.25, -0.2) is 4.79 Å². The molecule has 30 heavy (non-hydrogen) atoms. The summed E-state index contributed by atoms with van der Waals surface area (Å²) in [6.45, 7) is 0. The van der Waals surface area contributed by atoms with Crippen LogP contribution in [0.15, 0.2) is 66.7 Å². The Hall–Kier alpha value is -3.65. The summed E-state index contributed by atoms with van der Waals surface area (Å²) < 4.78 is 22.0. The van der Waals surface area contributed by atoms with E-state index in [1.54, 1.807) is 24.3 Å². The molecular weight excluding hydrogens is 388 g/mol. The van der Waals surface area contributed by atoms with Crippen molar-refractivity contribution in [2.75, 3.05) is 21.3 Å². The normalized spacial score (nSPS) is 12.1. The molecule has 0 aliphatic heterocycles. The molecule has 0 aliphatic rings. The number of carboxylic acid groups (broad SMARTS) is 1. The molecule has 156 valence electrons. The van der Waals surface area contributed by atoms with Crippen LogP contribution in [0.2, 0.25) is 0 Å². The number of rotatable bonds is 9. The highest BCUT2D eigenvalue weighted by Gasteiger charge is 2.49. The van der Waals surface area contributed by atoms with Crippen molar-refractivity contribution in [2.45, 2.75) is 11.7 Å². The summed E-state index contributed by atoms with van der Waals surface area (Å²) in [5.74, 6) is -1.09. The molecule has 0 fully saturated rings. The zero-order valence-electron chi connectivity index (χ0n) is 16.8. The fourth-order valence-corrected chi connectivity index (χ4v) is 3.25. The van der Waals surface area contributed by atoms with Crippen LogP contribution >= 0.6 is 0 Å². The van der Waals surface area contributed by atoms with Crippen molar-refractivity contribution >= 4 is 5.97 Å². The predicted octanol–water partition coefficient (Wildman–Crippen LogP) is 2.92. The third-order valence-electron chi connectivity index (χ3n) is 4.61. The van der Waals surface area contributed by atoms with Gasteiger partial charge in [-0.2, -0.15) is 9.97 Å².